The van der Waals surface area contributed by atoms with Gasteiger partial charge in [-0.05, 0) is 13.8 Å². The molecule has 0 unspecified atom stereocenters. The van der Waals surface area contributed by atoms with E-state index in [4.69, 9.17) is 4.52 Å². The fourth-order valence-electron chi connectivity index (χ4n) is 0.785. The summed E-state index contributed by atoms with van der Waals surface area (Å²) in [6.45, 7) is 3.25. The minimum Gasteiger partial charge on any atom is -0.372 e. The molecule has 66 valence electrons. The number of amides is 1. The van der Waals surface area contributed by atoms with Crippen LogP contribution in [0.25, 0.3) is 0 Å². The molecule has 0 radical (unpaired) electrons. The van der Waals surface area contributed by atoms with Gasteiger partial charge in [0, 0.05) is 7.05 Å². The van der Waals surface area contributed by atoms with Gasteiger partial charge in [0.1, 0.15) is 5.76 Å². The zero-order valence-corrected chi connectivity index (χ0v) is 7.17. The summed E-state index contributed by atoms with van der Waals surface area (Å²) in [5, 5.41) is 2.29. The van der Waals surface area contributed by atoms with Crippen molar-refractivity contribution in [1.82, 2.24) is 10.1 Å². The Kier molecular flexibility index (Phi) is 2.03. The van der Waals surface area contributed by atoms with Crippen LogP contribution in [0.15, 0.2) is 9.32 Å². The second kappa shape index (κ2) is 2.84. The summed E-state index contributed by atoms with van der Waals surface area (Å²) < 4.78 is 5.59. The molecule has 0 aromatic carbocycles. The molecule has 0 bridgehead atoms. The van der Waals surface area contributed by atoms with Crippen LogP contribution < -0.4 is 10.9 Å². The highest BCUT2D eigenvalue weighted by molar-refractivity contribution is 5.74. The molecule has 0 aliphatic carbocycles. The van der Waals surface area contributed by atoms with Crippen LogP contribution in [0.3, 0.4) is 0 Å². The van der Waals surface area contributed by atoms with E-state index in [1.165, 1.54) is 7.05 Å². The molecule has 1 amide bonds. The molecule has 0 atom stereocenters. The number of rotatable bonds is 0. The molecule has 0 aliphatic rings. The molecule has 5 nitrogen and oxygen atoms in total. The van der Waals surface area contributed by atoms with E-state index in [1.54, 1.807) is 13.8 Å². The van der Waals surface area contributed by atoms with Crippen molar-refractivity contribution < 1.29 is 9.32 Å². The van der Waals surface area contributed by atoms with Gasteiger partial charge in [0.15, 0.2) is 0 Å². The van der Waals surface area contributed by atoms with Crippen LogP contribution in [-0.2, 0) is 0 Å². The predicted octanol–water partition coefficient (Wildman–Crippen LogP) is 0.246. The van der Waals surface area contributed by atoms with Crippen molar-refractivity contribution in [3.05, 3.63) is 21.7 Å². The Morgan fingerprint density at radius 1 is 1.50 bits per heavy atom. The summed E-state index contributed by atoms with van der Waals surface area (Å²) in [6, 6.07) is -0.559. The van der Waals surface area contributed by atoms with Gasteiger partial charge in [0.2, 0.25) is 0 Å². The third kappa shape index (κ3) is 1.13. The Labute approximate surface area is 68.9 Å². The largest absolute Gasteiger partial charge is 0.372 e. The van der Waals surface area contributed by atoms with Crippen LogP contribution >= 0.6 is 0 Å². The molecule has 0 saturated carbocycles. The third-order valence-corrected chi connectivity index (χ3v) is 1.66. The second-order valence-corrected chi connectivity index (χ2v) is 2.43. The topological polar surface area (TPSA) is 64.2 Å². The first kappa shape index (κ1) is 8.58. The van der Waals surface area contributed by atoms with Crippen LogP contribution in [-0.4, -0.2) is 17.8 Å². The van der Waals surface area contributed by atoms with Crippen molar-refractivity contribution in [3.8, 4) is 0 Å². The van der Waals surface area contributed by atoms with E-state index in [0.717, 1.165) is 0 Å². The predicted molar refractivity (Wildman–Crippen MR) is 42.3 cm³/mol. The van der Waals surface area contributed by atoms with Crippen LogP contribution in [0.1, 0.15) is 11.3 Å². The number of hydrogen-bond acceptors (Lipinski definition) is 3. The summed E-state index contributed by atoms with van der Waals surface area (Å²) in [4.78, 5) is 22.2. The first-order valence-corrected chi connectivity index (χ1v) is 3.49. The maximum atomic E-state index is 11.2. The standard InChI is InChI=1S/C7H10N2O3/c1-4-5(2)12-9(6(4)10)7(11)8-3/h1-3H3,(H,8,11). The maximum absolute atomic E-state index is 11.2. The van der Waals surface area contributed by atoms with Crippen molar-refractivity contribution in [2.45, 2.75) is 13.8 Å². The maximum Gasteiger partial charge on any atom is 0.358 e. The summed E-state index contributed by atoms with van der Waals surface area (Å²) in [7, 11) is 1.43. The lowest BCUT2D eigenvalue weighted by Crippen LogP contribution is -2.31. The van der Waals surface area contributed by atoms with Gasteiger partial charge in [0.05, 0.1) is 5.56 Å². The molecule has 0 spiro atoms. The minimum atomic E-state index is -0.559. The van der Waals surface area contributed by atoms with Crippen molar-refractivity contribution in [2.75, 3.05) is 7.05 Å². The normalized spacial score (nSPS) is 9.92. The number of nitrogens with one attached hydrogen (secondary N) is 1. The minimum absolute atomic E-state index is 0.410. The van der Waals surface area contributed by atoms with Gasteiger partial charge in [-0.25, -0.2) is 4.79 Å². The van der Waals surface area contributed by atoms with E-state index in [0.29, 0.717) is 16.1 Å². The molecule has 1 rings (SSSR count). The fraction of sp³-hybridized carbons (Fsp3) is 0.429. The molecule has 0 aliphatic heterocycles. The summed E-state index contributed by atoms with van der Waals surface area (Å²) in [5.41, 5.74) is 0.0467. The Bertz CT molecular complexity index is 361. The SMILES string of the molecule is CNC(=O)n1oc(C)c(C)c1=O. The average molecular weight is 170 g/mol. The third-order valence-electron chi connectivity index (χ3n) is 1.66. The van der Waals surface area contributed by atoms with E-state index in [9.17, 15) is 9.59 Å². The highest BCUT2D eigenvalue weighted by Crippen LogP contribution is 1.99. The van der Waals surface area contributed by atoms with Gasteiger partial charge in [-0.15, -0.1) is 0 Å². The average Bonchev–Trinajstić information content (AvgIpc) is 2.32. The van der Waals surface area contributed by atoms with Crippen molar-refractivity contribution in [2.24, 2.45) is 0 Å². The molecule has 1 aromatic heterocycles. The van der Waals surface area contributed by atoms with E-state index >= 15 is 0 Å². The lowest BCUT2D eigenvalue weighted by molar-refractivity contribution is 0.208. The lowest BCUT2D eigenvalue weighted by atomic mass is 10.3. The van der Waals surface area contributed by atoms with Crippen molar-refractivity contribution >= 4 is 6.03 Å². The summed E-state index contributed by atoms with van der Waals surface area (Å²) in [6.07, 6.45) is 0. The molecule has 1 heterocycles. The van der Waals surface area contributed by atoms with Crippen LogP contribution in [0.5, 0.6) is 0 Å². The number of aromatic nitrogens is 1. The van der Waals surface area contributed by atoms with E-state index in [1.807, 2.05) is 0 Å². The van der Waals surface area contributed by atoms with Gasteiger partial charge in [-0.1, -0.05) is 4.74 Å². The Balaban J connectivity index is 3.28. The zero-order valence-electron chi connectivity index (χ0n) is 7.17. The van der Waals surface area contributed by atoms with E-state index in [2.05, 4.69) is 5.32 Å². The molecule has 12 heavy (non-hydrogen) atoms. The first-order valence-electron chi connectivity index (χ1n) is 3.49. The van der Waals surface area contributed by atoms with E-state index < -0.39 is 11.6 Å². The van der Waals surface area contributed by atoms with Crippen molar-refractivity contribution in [3.63, 3.8) is 0 Å². The van der Waals surface area contributed by atoms with Gasteiger partial charge in [-0.2, -0.15) is 0 Å². The monoisotopic (exact) mass is 170 g/mol. The zero-order chi connectivity index (χ0) is 9.30. The Morgan fingerprint density at radius 2 is 2.08 bits per heavy atom. The molecule has 5 heteroatoms. The van der Waals surface area contributed by atoms with Crippen LogP contribution in [0.2, 0.25) is 0 Å². The number of carbonyl (C=O) groups excluding carboxylic acids is 1. The molecule has 0 saturated heterocycles. The lowest BCUT2D eigenvalue weighted by Gasteiger charge is -1.94. The highest BCUT2D eigenvalue weighted by Gasteiger charge is 2.13. The number of aryl methyl sites for hydroxylation is 1. The number of carbonyl (C=O) groups is 1. The molecule has 1 N–H and O–H groups in total. The first-order chi connectivity index (χ1) is 5.57. The van der Waals surface area contributed by atoms with Gasteiger partial charge in [0.25, 0.3) is 5.56 Å². The van der Waals surface area contributed by atoms with Gasteiger partial charge in [-0.3, -0.25) is 4.79 Å². The quantitative estimate of drug-likeness (QED) is 0.606. The highest BCUT2D eigenvalue weighted by atomic mass is 16.5. The van der Waals surface area contributed by atoms with E-state index in [-0.39, 0.29) is 0 Å². The smallest absolute Gasteiger partial charge is 0.358 e. The van der Waals surface area contributed by atoms with Gasteiger partial charge >= 0.3 is 6.03 Å². The van der Waals surface area contributed by atoms with Gasteiger partial charge < -0.3 is 9.84 Å². The summed E-state index contributed by atoms with van der Waals surface area (Å²) in [5.74, 6) is 0.462. The van der Waals surface area contributed by atoms with Crippen LogP contribution in [0.4, 0.5) is 4.79 Å². The summed E-state index contributed by atoms with van der Waals surface area (Å²) >= 11 is 0. The number of hydrogen-bond donors (Lipinski definition) is 1. The Morgan fingerprint density at radius 3 is 2.42 bits per heavy atom. The molecule has 0 fully saturated rings. The molecule has 1 aromatic rings. The second-order valence-electron chi connectivity index (χ2n) is 2.43. The molecular formula is C7H10N2O3. The molecular weight excluding hydrogens is 160 g/mol. The number of nitrogens with zero attached hydrogens (tertiary/aromatic N) is 1. The Hall–Kier alpha value is -1.52. The van der Waals surface area contributed by atoms with Crippen LogP contribution in [0, 0.1) is 13.8 Å². The fourth-order valence-corrected chi connectivity index (χ4v) is 0.785. The van der Waals surface area contributed by atoms with Crippen molar-refractivity contribution in [1.29, 1.82) is 0 Å².